The smallest absolute Gasteiger partial charge is 0.0602 e. The molecule has 1 aromatic rings. The minimum atomic E-state index is 0.459. The Morgan fingerprint density at radius 1 is 1.22 bits per heavy atom. The maximum Gasteiger partial charge on any atom is 0.0602 e. The Balaban J connectivity index is 2.50. The summed E-state index contributed by atoms with van der Waals surface area (Å²) < 4.78 is 5.42. The van der Waals surface area contributed by atoms with Crippen LogP contribution < -0.4 is 0 Å². The van der Waals surface area contributed by atoms with E-state index in [-0.39, 0.29) is 0 Å². The molecule has 0 atom stereocenters. The average molecular weight is 290 g/mol. The molecule has 0 radical (unpaired) electrons. The summed E-state index contributed by atoms with van der Waals surface area (Å²) in [4.78, 5) is 2.34. The molecule has 0 heterocycles. The first-order valence-electron chi connectivity index (χ1n) is 6.26. The van der Waals surface area contributed by atoms with Crippen LogP contribution in [0.1, 0.15) is 19.4 Å². The SMILES string of the molecule is CC(C)N(CCOCCCl)Cc1ccccc1Cl. The van der Waals surface area contributed by atoms with Crippen LogP contribution in [0.4, 0.5) is 0 Å². The number of rotatable bonds is 8. The van der Waals surface area contributed by atoms with E-state index >= 15 is 0 Å². The highest BCUT2D eigenvalue weighted by Gasteiger charge is 2.11. The van der Waals surface area contributed by atoms with E-state index < -0.39 is 0 Å². The molecule has 0 fully saturated rings. The number of ether oxygens (including phenoxy) is 1. The van der Waals surface area contributed by atoms with Gasteiger partial charge in [0, 0.05) is 30.0 Å². The molecule has 0 saturated heterocycles. The lowest BCUT2D eigenvalue weighted by atomic mass is 10.2. The fraction of sp³-hybridized carbons (Fsp3) is 0.571. The third-order valence-electron chi connectivity index (χ3n) is 2.81. The zero-order valence-electron chi connectivity index (χ0n) is 11.0. The molecule has 18 heavy (non-hydrogen) atoms. The minimum Gasteiger partial charge on any atom is -0.379 e. The predicted octanol–water partition coefficient (Wildman–Crippen LogP) is 3.81. The van der Waals surface area contributed by atoms with Gasteiger partial charge in [0.2, 0.25) is 0 Å². The summed E-state index contributed by atoms with van der Waals surface area (Å²) in [6.07, 6.45) is 0. The van der Waals surface area contributed by atoms with Crippen LogP contribution in [0.15, 0.2) is 24.3 Å². The van der Waals surface area contributed by atoms with Crippen LogP contribution in [0.2, 0.25) is 5.02 Å². The lowest BCUT2D eigenvalue weighted by Gasteiger charge is -2.26. The van der Waals surface area contributed by atoms with Crippen LogP contribution in [-0.2, 0) is 11.3 Å². The summed E-state index contributed by atoms with van der Waals surface area (Å²) in [6.45, 7) is 7.41. The van der Waals surface area contributed by atoms with Crippen LogP contribution in [0.5, 0.6) is 0 Å². The van der Waals surface area contributed by atoms with Gasteiger partial charge in [0.15, 0.2) is 0 Å². The number of alkyl halides is 1. The fourth-order valence-electron chi connectivity index (χ4n) is 1.70. The van der Waals surface area contributed by atoms with Gasteiger partial charge in [-0.15, -0.1) is 11.6 Å². The van der Waals surface area contributed by atoms with Gasteiger partial charge < -0.3 is 4.74 Å². The quantitative estimate of drug-likeness (QED) is 0.533. The highest BCUT2D eigenvalue weighted by Crippen LogP contribution is 2.18. The lowest BCUT2D eigenvalue weighted by molar-refractivity contribution is 0.0984. The minimum absolute atomic E-state index is 0.459. The van der Waals surface area contributed by atoms with E-state index in [4.69, 9.17) is 27.9 Å². The molecule has 4 heteroatoms. The van der Waals surface area contributed by atoms with E-state index in [1.807, 2.05) is 18.2 Å². The molecule has 102 valence electrons. The molecule has 0 aliphatic heterocycles. The standard InChI is InChI=1S/C14H21Cl2NO/c1-12(2)17(8-10-18-9-7-15)11-13-5-3-4-6-14(13)16/h3-6,12H,7-11H2,1-2H3. The molecule has 2 nitrogen and oxygen atoms in total. The number of hydrogen-bond donors (Lipinski definition) is 0. The molecule has 0 aliphatic carbocycles. The molecular weight excluding hydrogens is 269 g/mol. The third-order valence-corrected chi connectivity index (χ3v) is 3.33. The highest BCUT2D eigenvalue weighted by molar-refractivity contribution is 6.31. The largest absolute Gasteiger partial charge is 0.379 e. The fourth-order valence-corrected chi connectivity index (χ4v) is 2.01. The second kappa shape index (κ2) is 8.76. The topological polar surface area (TPSA) is 12.5 Å². The molecule has 0 aromatic heterocycles. The van der Waals surface area contributed by atoms with E-state index in [1.54, 1.807) is 0 Å². The molecular formula is C14H21Cl2NO. The molecule has 1 rings (SSSR count). The first kappa shape index (κ1) is 15.8. The van der Waals surface area contributed by atoms with Crippen molar-refractivity contribution >= 4 is 23.2 Å². The van der Waals surface area contributed by atoms with Gasteiger partial charge in [-0.2, -0.15) is 0 Å². The summed E-state index contributed by atoms with van der Waals surface area (Å²) >= 11 is 11.8. The third kappa shape index (κ3) is 5.57. The Labute approximate surface area is 120 Å². The van der Waals surface area contributed by atoms with Gasteiger partial charge in [-0.3, -0.25) is 4.90 Å². The van der Waals surface area contributed by atoms with Crippen molar-refractivity contribution < 1.29 is 4.74 Å². The van der Waals surface area contributed by atoms with Crippen molar-refractivity contribution in [2.24, 2.45) is 0 Å². The van der Waals surface area contributed by atoms with Crippen molar-refractivity contribution in [1.82, 2.24) is 4.90 Å². The normalized spacial score (nSPS) is 11.4. The Hall–Kier alpha value is -0.280. The van der Waals surface area contributed by atoms with Crippen molar-refractivity contribution in [2.75, 3.05) is 25.6 Å². The zero-order valence-corrected chi connectivity index (χ0v) is 12.5. The predicted molar refractivity (Wildman–Crippen MR) is 78.5 cm³/mol. The van der Waals surface area contributed by atoms with Gasteiger partial charge in [0.1, 0.15) is 0 Å². The van der Waals surface area contributed by atoms with E-state index in [0.29, 0.717) is 25.1 Å². The maximum absolute atomic E-state index is 6.18. The van der Waals surface area contributed by atoms with Crippen LogP contribution in [0.3, 0.4) is 0 Å². The zero-order chi connectivity index (χ0) is 13.4. The molecule has 0 bridgehead atoms. The van der Waals surface area contributed by atoms with Gasteiger partial charge in [0.05, 0.1) is 13.2 Å². The summed E-state index contributed by atoms with van der Waals surface area (Å²) in [6, 6.07) is 8.43. The van der Waals surface area contributed by atoms with Crippen LogP contribution in [0, 0.1) is 0 Å². The van der Waals surface area contributed by atoms with Gasteiger partial charge in [-0.05, 0) is 25.5 Å². The molecule has 0 amide bonds. The number of hydrogen-bond acceptors (Lipinski definition) is 2. The maximum atomic E-state index is 6.18. The van der Waals surface area contributed by atoms with Crippen LogP contribution in [0.25, 0.3) is 0 Å². The summed E-state index contributed by atoms with van der Waals surface area (Å²) in [7, 11) is 0. The van der Waals surface area contributed by atoms with Gasteiger partial charge in [-0.25, -0.2) is 0 Å². The van der Waals surface area contributed by atoms with Crippen molar-refractivity contribution in [3.63, 3.8) is 0 Å². The van der Waals surface area contributed by atoms with Gasteiger partial charge >= 0.3 is 0 Å². The first-order valence-corrected chi connectivity index (χ1v) is 7.17. The molecule has 0 N–H and O–H groups in total. The van der Waals surface area contributed by atoms with Crippen LogP contribution in [-0.4, -0.2) is 36.6 Å². The summed E-state index contributed by atoms with van der Waals surface area (Å²) in [5, 5.41) is 0.824. The van der Waals surface area contributed by atoms with Gasteiger partial charge in [-0.1, -0.05) is 29.8 Å². The average Bonchev–Trinajstić information content (AvgIpc) is 2.35. The lowest BCUT2D eigenvalue weighted by Crippen LogP contribution is -2.33. The van der Waals surface area contributed by atoms with Crippen molar-refractivity contribution in [2.45, 2.75) is 26.4 Å². The highest BCUT2D eigenvalue weighted by atomic mass is 35.5. The number of halogens is 2. The Bertz CT molecular complexity index is 344. The van der Waals surface area contributed by atoms with E-state index in [1.165, 1.54) is 0 Å². The van der Waals surface area contributed by atoms with Crippen molar-refractivity contribution in [1.29, 1.82) is 0 Å². The van der Waals surface area contributed by atoms with Gasteiger partial charge in [0.25, 0.3) is 0 Å². The summed E-state index contributed by atoms with van der Waals surface area (Å²) in [5.74, 6) is 0.548. The first-order chi connectivity index (χ1) is 8.65. The molecule has 0 aliphatic rings. The van der Waals surface area contributed by atoms with E-state index in [2.05, 4.69) is 24.8 Å². The molecule has 0 saturated carbocycles. The van der Waals surface area contributed by atoms with Crippen LogP contribution >= 0.6 is 23.2 Å². The monoisotopic (exact) mass is 289 g/mol. The molecule has 0 unspecified atom stereocenters. The Morgan fingerprint density at radius 3 is 2.56 bits per heavy atom. The molecule has 0 spiro atoms. The second-order valence-corrected chi connectivity index (χ2v) is 5.24. The second-order valence-electron chi connectivity index (χ2n) is 4.46. The number of benzene rings is 1. The van der Waals surface area contributed by atoms with E-state index in [9.17, 15) is 0 Å². The van der Waals surface area contributed by atoms with Crippen molar-refractivity contribution in [3.8, 4) is 0 Å². The Kier molecular flexibility index (Phi) is 7.68. The van der Waals surface area contributed by atoms with E-state index in [0.717, 1.165) is 23.7 Å². The number of nitrogens with zero attached hydrogens (tertiary/aromatic N) is 1. The Morgan fingerprint density at radius 2 is 1.94 bits per heavy atom. The molecule has 1 aromatic carbocycles. The summed E-state index contributed by atoms with van der Waals surface area (Å²) in [5.41, 5.74) is 1.16. The van der Waals surface area contributed by atoms with Crippen molar-refractivity contribution in [3.05, 3.63) is 34.9 Å².